The minimum Gasteiger partial charge on any atom is -0.497 e. The van der Waals surface area contributed by atoms with Gasteiger partial charge in [-0.25, -0.2) is 4.79 Å². The molecule has 6 heteroatoms. The van der Waals surface area contributed by atoms with Gasteiger partial charge in [0, 0.05) is 13.0 Å². The predicted molar refractivity (Wildman–Crippen MR) is 117 cm³/mol. The van der Waals surface area contributed by atoms with E-state index in [-0.39, 0.29) is 19.1 Å². The van der Waals surface area contributed by atoms with E-state index in [9.17, 15) is 9.59 Å². The van der Waals surface area contributed by atoms with Crippen molar-refractivity contribution in [2.45, 2.75) is 13.0 Å². The maximum atomic E-state index is 12.0. The molecule has 0 unspecified atom stereocenters. The quantitative estimate of drug-likeness (QED) is 0.509. The average molecular weight is 419 g/mol. The Morgan fingerprint density at radius 2 is 1.52 bits per heavy atom. The molecule has 0 aliphatic heterocycles. The van der Waals surface area contributed by atoms with Crippen LogP contribution >= 0.6 is 0 Å². The largest absolute Gasteiger partial charge is 0.497 e. The van der Waals surface area contributed by atoms with Gasteiger partial charge in [-0.2, -0.15) is 0 Å². The Morgan fingerprint density at radius 3 is 2.26 bits per heavy atom. The summed E-state index contributed by atoms with van der Waals surface area (Å²) in [5.74, 6) is 0.379. The molecule has 0 aliphatic rings. The molecular formula is C25H25NO5. The standard InChI is InChI=1S/C25H25NO5/c1-29-22-13-11-20(12-14-22)16-26-24(27)17-31-25(28)18-30-23-10-6-5-9-21(23)15-19-7-3-2-4-8-19/h2-14H,15-18H2,1H3,(H,26,27). The summed E-state index contributed by atoms with van der Waals surface area (Å²) < 4.78 is 15.7. The zero-order chi connectivity index (χ0) is 21.9. The van der Waals surface area contributed by atoms with Crippen LogP contribution in [0.1, 0.15) is 16.7 Å². The zero-order valence-corrected chi connectivity index (χ0v) is 17.4. The fourth-order valence-electron chi connectivity index (χ4n) is 2.93. The highest BCUT2D eigenvalue weighted by molar-refractivity contribution is 5.80. The van der Waals surface area contributed by atoms with E-state index in [1.165, 1.54) is 0 Å². The van der Waals surface area contributed by atoms with Crippen molar-refractivity contribution in [2.75, 3.05) is 20.3 Å². The number of hydrogen-bond acceptors (Lipinski definition) is 5. The van der Waals surface area contributed by atoms with Crippen molar-refractivity contribution in [2.24, 2.45) is 0 Å². The van der Waals surface area contributed by atoms with E-state index in [1.807, 2.05) is 78.9 Å². The van der Waals surface area contributed by atoms with Crippen LogP contribution in [0.15, 0.2) is 78.9 Å². The van der Waals surface area contributed by atoms with Gasteiger partial charge in [0.05, 0.1) is 7.11 Å². The van der Waals surface area contributed by atoms with E-state index in [1.54, 1.807) is 7.11 Å². The number of ether oxygens (including phenoxy) is 3. The summed E-state index contributed by atoms with van der Waals surface area (Å²) in [6.07, 6.45) is 0.694. The lowest BCUT2D eigenvalue weighted by Crippen LogP contribution is -2.29. The van der Waals surface area contributed by atoms with Crippen molar-refractivity contribution in [1.29, 1.82) is 0 Å². The Labute approximate surface area is 181 Å². The van der Waals surface area contributed by atoms with Crippen LogP contribution in [0, 0.1) is 0 Å². The highest BCUT2D eigenvalue weighted by Gasteiger charge is 2.11. The van der Waals surface area contributed by atoms with Gasteiger partial charge in [-0.3, -0.25) is 4.79 Å². The predicted octanol–water partition coefficient (Wildman–Crippen LogP) is 3.52. The third kappa shape index (κ3) is 7.19. The molecule has 0 atom stereocenters. The second-order valence-electron chi connectivity index (χ2n) is 6.84. The van der Waals surface area contributed by atoms with Gasteiger partial charge in [0.15, 0.2) is 13.2 Å². The number of hydrogen-bond donors (Lipinski definition) is 1. The number of carbonyl (C=O) groups excluding carboxylic acids is 2. The molecule has 0 radical (unpaired) electrons. The molecule has 1 N–H and O–H groups in total. The zero-order valence-electron chi connectivity index (χ0n) is 17.4. The summed E-state index contributed by atoms with van der Waals surface area (Å²) in [6, 6.07) is 24.9. The monoisotopic (exact) mass is 419 g/mol. The van der Waals surface area contributed by atoms with Crippen molar-refractivity contribution in [3.63, 3.8) is 0 Å². The molecule has 6 nitrogen and oxygen atoms in total. The van der Waals surface area contributed by atoms with E-state index < -0.39 is 5.97 Å². The molecule has 0 heterocycles. The van der Waals surface area contributed by atoms with Crippen molar-refractivity contribution in [3.05, 3.63) is 95.6 Å². The van der Waals surface area contributed by atoms with Gasteiger partial charge in [0.25, 0.3) is 5.91 Å². The molecule has 3 aromatic carbocycles. The number of esters is 1. The summed E-state index contributed by atoms with van der Waals surface area (Å²) in [4.78, 5) is 23.9. The van der Waals surface area contributed by atoms with Crippen LogP contribution in [-0.2, 0) is 27.3 Å². The molecule has 0 saturated carbocycles. The lowest BCUT2D eigenvalue weighted by Gasteiger charge is -2.11. The van der Waals surface area contributed by atoms with Gasteiger partial charge in [0.1, 0.15) is 11.5 Å². The fraction of sp³-hybridized carbons (Fsp3) is 0.200. The molecule has 3 aromatic rings. The summed E-state index contributed by atoms with van der Waals surface area (Å²) in [6.45, 7) is -0.286. The molecule has 0 saturated heterocycles. The Bertz CT molecular complexity index is 986. The Balaban J connectivity index is 1.41. The first kappa shape index (κ1) is 21.9. The highest BCUT2D eigenvalue weighted by Crippen LogP contribution is 2.21. The fourth-order valence-corrected chi connectivity index (χ4v) is 2.93. The molecule has 0 fully saturated rings. The first-order valence-electron chi connectivity index (χ1n) is 9.94. The molecule has 0 spiro atoms. The third-order valence-corrected chi connectivity index (χ3v) is 4.57. The molecule has 1 amide bonds. The van der Waals surface area contributed by atoms with Gasteiger partial charge < -0.3 is 19.5 Å². The van der Waals surface area contributed by atoms with Crippen LogP contribution < -0.4 is 14.8 Å². The molecule has 160 valence electrons. The Hall–Kier alpha value is -3.80. The minimum atomic E-state index is -0.603. The van der Waals surface area contributed by atoms with Crippen LogP contribution in [-0.4, -0.2) is 32.2 Å². The van der Waals surface area contributed by atoms with E-state index in [4.69, 9.17) is 14.2 Å². The van der Waals surface area contributed by atoms with Crippen LogP contribution in [0.3, 0.4) is 0 Å². The highest BCUT2D eigenvalue weighted by atomic mass is 16.6. The van der Waals surface area contributed by atoms with Crippen molar-refractivity contribution in [1.82, 2.24) is 5.32 Å². The first-order chi connectivity index (χ1) is 15.1. The van der Waals surface area contributed by atoms with Crippen LogP contribution in [0.2, 0.25) is 0 Å². The van der Waals surface area contributed by atoms with Crippen LogP contribution in [0.5, 0.6) is 11.5 Å². The molecular weight excluding hydrogens is 394 g/mol. The van der Waals surface area contributed by atoms with Gasteiger partial charge in [-0.15, -0.1) is 0 Å². The van der Waals surface area contributed by atoms with Gasteiger partial charge in [-0.05, 0) is 34.9 Å². The summed E-state index contributed by atoms with van der Waals surface area (Å²) >= 11 is 0. The van der Waals surface area contributed by atoms with Crippen molar-refractivity contribution < 1.29 is 23.8 Å². The van der Waals surface area contributed by atoms with Gasteiger partial charge in [0.2, 0.25) is 0 Å². The molecule has 31 heavy (non-hydrogen) atoms. The summed E-state index contributed by atoms with van der Waals surface area (Å²) in [5, 5.41) is 2.70. The average Bonchev–Trinajstić information content (AvgIpc) is 2.82. The lowest BCUT2D eigenvalue weighted by atomic mass is 10.0. The maximum absolute atomic E-state index is 12.0. The second kappa shape index (κ2) is 11.4. The topological polar surface area (TPSA) is 73.9 Å². The summed E-state index contributed by atoms with van der Waals surface area (Å²) in [7, 11) is 1.59. The summed E-state index contributed by atoms with van der Waals surface area (Å²) in [5.41, 5.74) is 3.03. The smallest absolute Gasteiger partial charge is 0.344 e. The number of benzene rings is 3. The van der Waals surface area contributed by atoms with Crippen LogP contribution in [0.4, 0.5) is 0 Å². The molecule has 0 aromatic heterocycles. The third-order valence-electron chi connectivity index (χ3n) is 4.57. The number of carbonyl (C=O) groups is 2. The Morgan fingerprint density at radius 1 is 0.806 bits per heavy atom. The van der Waals surface area contributed by atoms with Crippen molar-refractivity contribution >= 4 is 11.9 Å². The minimum absolute atomic E-state index is 0.266. The van der Waals surface area contributed by atoms with Gasteiger partial charge >= 0.3 is 5.97 Å². The number of methoxy groups -OCH3 is 1. The van der Waals surface area contributed by atoms with Crippen LogP contribution in [0.25, 0.3) is 0 Å². The van der Waals surface area contributed by atoms with E-state index in [0.717, 1.165) is 22.4 Å². The number of amides is 1. The first-order valence-corrected chi connectivity index (χ1v) is 9.94. The van der Waals surface area contributed by atoms with E-state index >= 15 is 0 Å². The lowest BCUT2D eigenvalue weighted by molar-refractivity contribution is -0.150. The van der Waals surface area contributed by atoms with Crippen molar-refractivity contribution in [3.8, 4) is 11.5 Å². The molecule has 0 bridgehead atoms. The second-order valence-corrected chi connectivity index (χ2v) is 6.84. The maximum Gasteiger partial charge on any atom is 0.344 e. The number of rotatable bonds is 10. The SMILES string of the molecule is COc1ccc(CNC(=O)COC(=O)COc2ccccc2Cc2ccccc2)cc1. The Kier molecular flexibility index (Phi) is 8.05. The number of para-hydroxylation sites is 1. The van der Waals surface area contributed by atoms with E-state index in [0.29, 0.717) is 18.7 Å². The van der Waals surface area contributed by atoms with E-state index in [2.05, 4.69) is 5.32 Å². The normalized spacial score (nSPS) is 10.2. The molecule has 3 rings (SSSR count). The number of nitrogens with one attached hydrogen (secondary N) is 1. The van der Waals surface area contributed by atoms with Gasteiger partial charge in [-0.1, -0.05) is 60.7 Å². The molecule has 0 aliphatic carbocycles.